The van der Waals surface area contributed by atoms with Gasteiger partial charge in [-0.1, -0.05) is 23.7 Å². The Hall–Kier alpha value is -1.35. The van der Waals surface area contributed by atoms with E-state index < -0.39 is 0 Å². The maximum Gasteiger partial charge on any atom is 0.194 e. The first-order valence-electron chi connectivity index (χ1n) is 7.02. The first-order valence-corrected chi connectivity index (χ1v) is 7.40. The maximum absolute atomic E-state index is 5.91. The molecule has 0 bridgehead atoms. The van der Waals surface area contributed by atoms with Crippen LogP contribution >= 0.6 is 35.6 Å². The van der Waals surface area contributed by atoms with Gasteiger partial charge >= 0.3 is 0 Å². The van der Waals surface area contributed by atoms with Crippen LogP contribution in [0.5, 0.6) is 0 Å². The largest absolute Gasteiger partial charge is 0.349 e. The van der Waals surface area contributed by atoms with Crippen LogP contribution in [0.25, 0.3) is 0 Å². The van der Waals surface area contributed by atoms with Gasteiger partial charge in [-0.05, 0) is 24.6 Å². The number of aromatic nitrogens is 3. The van der Waals surface area contributed by atoms with Crippen molar-refractivity contribution < 1.29 is 0 Å². The number of aliphatic imine (C=N–C) groups is 1. The van der Waals surface area contributed by atoms with Gasteiger partial charge in [0.05, 0.1) is 6.54 Å². The van der Waals surface area contributed by atoms with E-state index in [0.717, 1.165) is 29.2 Å². The molecule has 1 aromatic carbocycles. The summed E-state index contributed by atoms with van der Waals surface area (Å²) in [4.78, 5) is 6.35. The average Bonchev–Trinajstić information content (AvgIpc) is 2.82. The Morgan fingerprint density at radius 3 is 2.48 bits per heavy atom. The molecular weight excluding hydrogens is 427 g/mol. The van der Waals surface area contributed by atoms with Gasteiger partial charge in [-0.15, -0.1) is 34.2 Å². The van der Waals surface area contributed by atoms with Crippen molar-refractivity contribution in [3.63, 3.8) is 0 Å². The summed E-state index contributed by atoms with van der Waals surface area (Å²) in [6.07, 6.45) is 0. The standard InChI is InChI=1S/C15H21ClN6.HI/c1-11-19-20-14(22(11)4)9-18-15(17-2)21(3)10-12-5-7-13(16)8-6-12;/h5-8H,9-10H2,1-4H3,(H,17,18);1H. The highest BCUT2D eigenvalue weighted by Crippen LogP contribution is 2.11. The van der Waals surface area contributed by atoms with Gasteiger partial charge in [0, 0.05) is 32.7 Å². The second-order valence-corrected chi connectivity index (χ2v) is 5.54. The third kappa shape index (κ3) is 5.35. The van der Waals surface area contributed by atoms with E-state index in [1.54, 1.807) is 7.05 Å². The molecule has 0 saturated carbocycles. The molecule has 0 atom stereocenters. The van der Waals surface area contributed by atoms with Gasteiger partial charge in [0.2, 0.25) is 0 Å². The van der Waals surface area contributed by atoms with Crippen LogP contribution in [-0.4, -0.2) is 39.7 Å². The molecule has 0 unspecified atom stereocenters. The molecule has 23 heavy (non-hydrogen) atoms. The van der Waals surface area contributed by atoms with E-state index in [2.05, 4.69) is 20.5 Å². The second-order valence-electron chi connectivity index (χ2n) is 5.11. The van der Waals surface area contributed by atoms with Crippen molar-refractivity contribution in [2.24, 2.45) is 12.0 Å². The molecule has 126 valence electrons. The third-order valence-electron chi connectivity index (χ3n) is 3.49. The normalized spacial score (nSPS) is 11.1. The van der Waals surface area contributed by atoms with Gasteiger partial charge in [-0.25, -0.2) is 0 Å². The van der Waals surface area contributed by atoms with Gasteiger partial charge in [-0.3, -0.25) is 4.99 Å². The molecule has 8 heteroatoms. The van der Waals surface area contributed by atoms with Crippen molar-refractivity contribution in [3.8, 4) is 0 Å². The van der Waals surface area contributed by atoms with Crippen LogP contribution in [0.3, 0.4) is 0 Å². The summed E-state index contributed by atoms with van der Waals surface area (Å²) in [6.45, 7) is 3.25. The minimum Gasteiger partial charge on any atom is -0.349 e. The fraction of sp³-hybridized carbons (Fsp3) is 0.400. The lowest BCUT2D eigenvalue weighted by Crippen LogP contribution is -2.38. The van der Waals surface area contributed by atoms with E-state index in [9.17, 15) is 0 Å². The molecule has 0 aliphatic carbocycles. The van der Waals surface area contributed by atoms with E-state index in [4.69, 9.17) is 11.6 Å². The Kier molecular flexibility index (Phi) is 7.77. The number of nitrogens with zero attached hydrogens (tertiary/aromatic N) is 5. The summed E-state index contributed by atoms with van der Waals surface area (Å²) in [5.74, 6) is 2.57. The zero-order valence-corrected chi connectivity index (χ0v) is 16.8. The molecule has 0 saturated heterocycles. The zero-order valence-electron chi connectivity index (χ0n) is 13.7. The molecule has 0 aliphatic rings. The van der Waals surface area contributed by atoms with Crippen LogP contribution in [0.15, 0.2) is 29.3 Å². The summed E-state index contributed by atoms with van der Waals surface area (Å²) >= 11 is 5.91. The first-order chi connectivity index (χ1) is 10.5. The van der Waals surface area contributed by atoms with Crippen LogP contribution in [0.2, 0.25) is 5.02 Å². The van der Waals surface area contributed by atoms with Gasteiger partial charge < -0.3 is 14.8 Å². The quantitative estimate of drug-likeness (QED) is 0.444. The van der Waals surface area contributed by atoms with E-state index in [1.807, 2.05) is 54.8 Å². The van der Waals surface area contributed by atoms with Crippen molar-refractivity contribution in [3.05, 3.63) is 46.5 Å². The molecule has 0 fully saturated rings. The lowest BCUT2D eigenvalue weighted by molar-refractivity contribution is 0.474. The number of nitrogens with one attached hydrogen (secondary N) is 1. The molecule has 2 rings (SSSR count). The number of guanidine groups is 1. The van der Waals surface area contributed by atoms with Crippen molar-refractivity contribution in [2.75, 3.05) is 14.1 Å². The molecular formula is C15H22ClIN6. The zero-order chi connectivity index (χ0) is 16.1. The number of rotatable bonds is 4. The number of hydrogen-bond acceptors (Lipinski definition) is 3. The Labute approximate surface area is 159 Å². The first kappa shape index (κ1) is 19.7. The Morgan fingerprint density at radius 1 is 1.30 bits per heavy atom. The van der Waals surface area contributed by atoms with Crippen molar-refractivity contribution in [1.82, 2.24) is 25.0 Å². The van der Waals surface area contributed by atoms with Gasteiger partial charge in [0.1, 0.15) is 5.82 Å². The highest BCUT2D eigenvalue weighted by molar-refractivity contribution is 14.0. The van der Waals surface area contributed by atoms with Gasteiger partial charge in [0.25, 0.3) is 0 Å². The van der Waals surface area contributed by atoms with Crippen molar-refractivity contribution >= 4 is 41.5 Å². The smallest absolute Gasteiger partial charge is 0.194 e. The minimum absolute atomic E-state index is 0. The predicted molar refractivity (Wildman–Crippen MR) is 104 cm³/mol. The van der Waals surface area contributed by atoms with Crippen molar-refractivity contribution in [2.45, 2.75) is 20.0 Å². The Morgan fingerprint density at radius 2 is 1.96 bits per heavy atom. The highest BCUT2D eigenvalue weighted by Gasteiger charge is 2.09. The maximum atomic E-state index is 5.91. The summed E-state index contributed by atoms with van der Waals surface area (Å²) in [5.41, 5.74) is 1.17. The van der Waals surface area contributed by atoms with Crippen LogP contribution in [0.4, 0.5) is 0 Å². The lowest BCUT2D eigenvalue weighted by atomic mass is 10.2. The molecule has 0 aliphatic heterocycles. The highest BCUT2D eigenvalue weighted by atomic mass is 127. The third-order valence-corrected chi connectivity index (χ3v) is 3.75. The van der Waals surface area contributed by atoms with Crippen molar-refractivity contribution in [1.29, 1.82) is 0 Å². The number of aryl methyl sites for hydroxylation is 1. The number of hydrogen-bond donors (Lipinski definition) is 1. The van der Waals surface area contributed by atoms with Crippen LogP contribution in [0, 0.1) is 6.92 Å². The van der Waals surface area contributed by atoms with E-state index in [1.165, 1.54) is 5.56 Å². The topological polar surface area (TPSA) is 58.3 Å². The molecule has 0 amide bonds. The summed E-state index contributed by atoms with van der Waals surface area (Å²) in [7, 11) is 5.71. The number of halogens is 2. The second kappa shape index (κ2) is 9.07. The Bertz CT molecular complexity index is 652. The molecule has 2 aromatic rings. The van der Waals surface area contributed by atoms with E-state index in [-0.39, 0.29) is 24.0 Å². The molecule has 1 aromatic heterocycles. The lowest BCUT2D eigenvalue weighted by Gasteiger charge is -2.22. The summed E-state index contributed by atoms with van der Waals surface area (Å²) in [5, 5.41) is 12.2. The molecule has 0 spiro atoms. The molecule has 1 heterocycles. The van der Waals surface area contributed by atoms with E-state index >= 15 is 0 Å². The summed E-state index contributed by atoms with van der Waals surface area (Å²) < 4.78 is 1.96. The minimum atomic E-state index is 0. The fourth-order valence-electron chi connectivity index (χ4n) is 2.09. The Balaban J connectivity index is 0.00000264. The number of benzene rings is 1. The fourth-order valence-corrected chi connectivity index (χ4v) is 2.21. The molecule has 1 N–H and O–H groups in total. The van der Waals surface area contributed by atoms with Gasteiger partial charge in [0.15, 0.2) is 11.8 Å². The monoisotopic (exact) mass is 448 g/mol. The van der Waals surface area contributed by atoms with Gasteiger partial charge in [-0.2, -0.15) is 0 Å². The SMILES string of the molecule is CN=C(NCc1nnc(C)n1C)N(C)Cc1ccc(Cl)cc1.I. The van der Waals surface area contributed by atoms with Crippen LogP contribution in [0.1, 0.15) is 17.2 Å². The predicted octanol–water partition coefficient (Wildman–Crippen LogP) is 2.60. The molecule has 6 nitrogen and oxygen atoms in total. The average molecular weight is 449 g/mol. The van der Waals surface area contributed by atoms with E-state index in [0.29, 0.717) is 6.54 Å². The summed E-state index contributed by atoms with van der Waals surface area (Å²) in [6, 6.07) is 7.81. The van der Waals surface area contributed by atoms with Crippen LogP contribution < -0.4 is 5.32 Å². The van der Waals surface area contributed by atoms with Crippen LogP contribution in [-0.2, 0) is 20.1 Å². The molecule has 0 radical (unpaired) electrons.